The van der Waals surface area contributed by atoms with Crippen molar-refractivity contribution >= 4 is 0 Å². The number of aliphatic hydroxyl groups excluding tert-OH is 1. The van der Waals surface area contributed by atoms with E-state index in [0.29, 0.717) is 0 Å². The van der Waals surface area contributed by atoms with Crippen LogP contribution in [0.3, 0.4) is 0 Å². The molecule has 0 bridgehead atoms. The van der Waals surface area contributed by atoms with Crippen LogP contribution >= 0.6 is 0 Å². The van der Waals surface area contributed by atoms with Gasteiger partial charge in [-0.05, 0) is 23.6 Å². The molecule has 0 saturated heterocycles. The molecule has 2 rings (SSSR count). The number of rotatable bonds is 4. The lowest BCUT2D eigenvalue weighted by atomic mass is 10.2. The molecular formula is C15H17NO. The summed E-state index contributed by atoms with van der Waals surface area (Å²) in [5, 5.41) is 12.4. The first-order valence-electron chi connectivity index (χ1n) is 5.84. The number of benzene rings is 1. The lowest BCUT2D eigenvalue weighted by Crippen LogP contribution is -2.10. The van der Waals surface area contributed by atoms with E-state index in [1.165, 1.54) is 5.56 Å². The molecule has 0 amide bonds. The maximum Gasteiger partial charge on any atom is 0.0678 e. The number of hydrogen-bond acceptors (Lipinski definition) is 2. The van der Waals surface area contributed by atoms with Crippen molar-refractivity contribution in [1.82, 2.24) is 5.32 Å². The highest BCUT2D eigenvalue weighted by atomic mass is 16.3. The molecule has 1 aromatic carbocycles. The Labute approximate surface area is 102 Å². The molecule has 0 unspecified atom stereocenters. The van der Waals surface area contributed by atoms with Gasteiger partial charge in [-0.2, -0.15) is 0 Å². The van der Waals surface area contributed by atoms with Gasteiger partial charge in [-0.25, -0.2) is 0 Å². The quantitative estimate of drug-likeness (QED) is 0.828. The fourth-order valence-electron chi connectivity index (χ4n) is 1.72. The second-order valence-electron chi connectivity index (χ2n) is 4.00. The summed E-state index contributed by atoms with van der Waals surface area (Å²) in [5.74, 6) is 0. The van der Waals surface area contributed by atoms with E-state index in [1.807, 2.05) is 36.4 Å². The van der Waals surface area contributed by atoms with E-state index in [2.05, 4.69) is 23.5 Å². The Morgan fingerprint density at radius 3 is 2.65 bits per heavy atom. The molecule has 88 valence electrons. The first kappa shape index (κ1) is 11.7. The molecule has 1 aliphatic carbocycles. The standard InChI is InChI=1S/C15H17NO/c17-12-14-7-4-8-15(10-9-14)16-11-13-5-2-1-3-6-13/h1-3,5-10,16-17H,4,11-12H2. The van der Waals surface area contributed by atoms with Gasteiger partial charge in [0, 0.05) is 12.2 Å². The first-order chi connectivity index (χ1) is 8.38. The summed E-state index contributed by atoms with van der Waals surface area (Å²) in [5.41, 5.74) is 3.34. The van der Waals surface area contributed by atoms with Gasteiger partial charge in [-0.1, -0.05) is 48.6 Å². The van der Waals surface area contributed by atoms with E-state index in [9.17, 15) is 0 Å². The maximum absolute atomic E-state index is 9.05. The van der Waals surface area contributed by atoms with Gasteiger partial charge < -0.3 is 10.4 Å². The minimum atomic E-state index is 0.107. The van der Waals surface area contributed by atoms with Crippen molar-refractivity contribution in [3.05, 3.63) is 71.5 Å². The molecule has 1 aliphatic rings. The normalized spacial score (nSPS) is 14.9. The van der Waals surface area contributed by atoms with Gasteiger partial charge in [-0.15, -0.1) is 0 Å². The molecule has 2 N–H and O–H groups in total. The SMILES string of the molecule is OCC1=CCC=C(NCc2ccccc2)C=C1. The average molecular weight is 227 g/mol. The zero-order chi connectivity index (χ0) is 11.9. The van der Waals surface area contributed by atoms with Gasteiger partial charge in [-0.3, -0.25) is 0 Å². The number of aliphatic hydroxyl groups is 1. The second kappa shape index (κ2) is 6.06. The van der Waals surface area contributed by atoms with Crippen LogP contribution in [0.15, 0.2) is 65.9 Å². The highest BCUT2D eigenvalue weighted by Gasteiger charge is 1.98. The summed E-state index contributed by atoms with van der Waals surface area (Å²) in [6.07, 6.45) is 8.99. The van der Waals surface area contributed by atoms with Crippen LogP contribution in [0.1, 0.15) is 12.0 Å². The van der Waals surface area contributed by atoms with E-state index in [-0.39, 0.29) is 6.61 Å². The largest absolute Gasteiger partial charge is 0.392 e. The van der Waals surface area contributed by atoms with Gasteiger partial charge in [0.25, 0.3) is 0 Å². The topological polar surface area (TPSA) is 32.3 Å². The van der Waals surface area contributed by atoms with E-state index in [4.69, 9.17) is 5.11 Å². The third-order valence-electron chi connectivity index (χ3n) is 2.72. The monoisotopic (exact) mass is 227 g/mol. The minimum Gasteiger partial charge on any atom is -0.392 e. The second-order valence-corrected chi connectivity index (χ2v) is 4.00. The first-order valence-corrected chi connectivity index (χ1v) is 5.84. The molecule has 0 atom stereocenters. The van der Waals surface area contributed by atoms with Gasteiger partial charge in [0.1, 0.15) is 0 Å². The summed E-state index contributed by atoms with van der Waals surface area (Å²) in [7, 11) is 0. The summed E-state index contributed by atoms with van der Waals surface area (Å²) >= 11 is 0. The highest BCUT2D eigenvalue weighted by Crippen LogP contribution is 2.09. The molecule has 2 nitrogen and oxygen atoms in total. The Morgan fingerprint density at radius 2 is 1.88 bits per heavy atom. The third kappa shape index (κ3) is 3.61. The molecule has 0 aromatic heterocycles. The van der Waals surface area contributed by atoms with Crippen LogP contribution in [-0.2, 0) is 6.54 Å². The van der Waals surface area contributed by atoms with Crippen molar-refractivity contribution in [2.24, 2.45) is 0 Å². The van der Waals surface area contributed by atoms with E-state index in [0.717, 1.165) is 24.2 Å². The van der Waals surface area contributed by atoms with Crippen molar-refractivity contribution in [1.29, 1.82) is 0 Å². The van der Waals surface area contributed by atoms with Crippen LogP contribution in [0.2, 0.25) is 0 Å². The lowest BCUT2D eigenvalue weighted by molar-refractivity contribution is 0.334. The number of hydrogen-bond donors (Lipinski definition) is 2. The number of nitrogens with one attached hydrogen (secondary N) is 1. The molecule has 2 heteroatoms. The fraction of sp³-hybridized carbons (Fsp3) is 0.200. The predicted octanol–water partition coefficient (Wildman–Crippen LogP) is 2.54. The molecule has 0 aliphatic heterocycles. The van der Waals surface area contributed by atoms with Crippen LogP contribution in [0.25, 0.3) is 0 Å². The third-order valence-corrected chi connectivity index (χ3v) is 2.72. The molecule has 0 saturated carbocycles. The van der Waals surface area contributed by atoms with Gasteiger partial charge in [0.2, 0.25) is 0 Å². The van der Waals surface area contributed by atoms with Crippen LogP contribution in [-0.4, -0.2) is 11.7 Å². The molecule has 0 spiro atoms. The maximum atomic E-state index is 9.05. The number of allylic oxidation sites excluding steroid dienone is 3. The fourth-order valence-corrected chi connectivity index (χ4v) is 1.72. The minimum absolute atomic E-state index is 0.107. The summed E-state index contributed by atoms with van der Waals surface area (Å²) < 4.78 is 0. The van der Waals surface area contributed by atoms with Crippen LogP contribution in [0.4, 0.5) is 0 Å². The smallest absolute Gasteiger partial charge is 0.0678 e. The Bertz CT molecular complexity index is 443. The Morgan fingerprint density at radius 1 is 1.06 bits per heavy atom. The Hall–Kier alpha value is -1.80. The van der Waals surface area contributed by atoms with Crippen LogP contribution in [0.5, 0.6) is 0 Å². The van der Waals surface area contributed by atoms with Gasteiger partial charge in [0.15, 0.2) is 0 Å². The zero-order valence-electron chi connectivity index (χ0n) is 9.76. The van der Waals surface area contributed by atoms with Crippen molar-refractivity contribution in [3.63, 3.8) is 0 Å². The van der Waals surface area contributed by atoms with Crippen molar-refractivity contribution < 1.29 is 5.11 Å². The molecular weight excluding hydrogens is 210 g/mol. The van der Waals surface area contributed by atoms with Crippen LogP contribution < -0.4 is 5.32 Å². The van der Waals surface area contributed by atoms with Crippen LogP contribution in [0, 0.1) is 0 Å². The molecule has 0 fully saturated rings. The predicted molar refractivity (Wildman–Crippen MR) is 70.3 cm³/mol. The van der Waals surface area contributed by atoms with E-state index < -0.39 is 0 Å². The highest BCUT2D eigenvalue weighted by molar-refractivity contribution is 5.32. The lowest BCUT2D eigenvalue weighted by Gasteiger charge is -2.06. The Balaban J connectivity index is 1.91. The summed E-state index contributed by atoms with van der Waals surface area (Å²) in [6, 6.07) is 10.3. The Kier molecular flexibility index (Phi) is 4.17. The van der Waals surface area contributed by atoms with Crippen molar-refractivity contribution in [2.75, 3.05) is 6.61 Å². The molecule has 0 radical (unpaired) electrons. The van der Waals surface area contributed by atoms with E-state index in [1.54, 1.807) is 0 Å². The summed E-state index contributed by atoms with van der Waals surface area (Å²) in [4.78, 5) is 0. The molecule has 1 aromatic rings. The molecule has 0 heterocycles. The van der Waals surface area contributed by atoms with Crippen molar-refractivity contribution in [3.8, 4) is 0 Å². The zero-order valence-corrected chi connectivity index (χ0v) is 9.76. The van der Waals surface area contributed by atoms with Crippen molar-refractivity contribution in [2.45, 2.75) is 13.0 Å². The van der Waals surface area contributed by atoms with Gasteiger partial charge >= 0.3 is 0 Å². The molecule has 17 heavy (non-hydrogen) atoms. The average Bonchev–Trinajstić information content (AvgIpc) is 2.62. The van der Waals surface area contributed by atoms with Gasteiger partial charge in [0.05, 0.1) is 6.61 Å². The summed E-state index contributed by atoms with van der Waals surface area (Å²) in [6.45, 7) is 0.932. The van der Waals surface area contributed by atoms with E-state index >= 15 is 0 Å².